The third kappa shape index (κ3) is 6.07. The second-order valence-corrected chi connectivity index (χ2v) is 10.6. The number of carbonyl (C=O) groups excluding carboxylic acids is 1. The normalized spacial score (nSPS) is 14.6. The average Bonchev–Trinajstić information content (AvgIpc) is 3.42. The van der Waals surface area contributed by atoms with E-state index in [1.807, 2.05) is 55.8 Å². The van der Waals surface area contributed by atoms with Crippen molar-refractivity contribution in [1.82, 2.24) is 19.8 Å². The molecule has 10 heteroatoms. The maximum atomic E-state index is 12.9. The first kappa shape index (κ1) is 27.5. The number of aryl methyl sites for hydroxylation is 1. The van der Waals surface area contributed by atoms with E-state index in [-0.39, 0.29) is 5.91 Å². The van der Waals surface area contributed by atoms with Crippen molar-refractivity contribution in [2.45, 2.75) is 20.3 Å². The quantitative estimate of drug-likeness (QED) is 0.273. The minimum atomic E-state index is -0.239. The number of hydrogen-bond donors (Lipinski definition) is 2. The predicted molar refractivity (Wildman–Crippen MR) is 162 cm³/mol. The van der Waals surface area contributed by atoms with Gasteiger partial charge in [0.1, 0.15) is 11.8 Å². The topological polar surface area (TPSA) is 106 Å². The zero-order valence-corrected chi connectivity index (χ0v) is 23.8. The van der Waals surface area contributed by atoms with Crippen LogP contribution in [0.3, 0.4) is 0 Å². The van der Waals surface area contributed by atoms with E-state index in [0.717, 1.165) is 48.6 Å². The summed E-state index contributed by atoms with van der Waals surface area (Å²) in [5.41, 5.74) is 6.53. The molecular formula is C30H33N7O2S. The van der Waals surface area contributed by atoms with Crippen molar-refractivity contribution < 1.29 is 9.53 Å². The Morgan fingerprint density at radius 2 is 2.00 bits per heavy atom. The first-order chi connectivity index (χ1) is 19.5. The van der Waals surface area contributed by atoms with Gasteiger partial charge in [-0.2, -0.15) is 5.26 Å². The van der Waals surface area contributed by atoms with Crippen molar-refractivity contribution in [3.8, 4) is 11.8 Å². The second kappa shape index (κ2) is 12.4. The molecule has 2 N–H and O–H groups in total. The van der Waals surface area contributed by atoms with Crippen LogP contribution >= 0.6 is 11.3 Å². The van der Waals surface area contributed by atoms with Crippen molar-refractivity contribution in [2.24, 2.45) is 0 Å². The van der Waals surface area contributed by atoms with E-state index >= 15 is 0 Å². The Morgan fingerprint density at radius 1 is 1.18 bits per heavy atom. The first-order valence-electron chi connectivity index (χ1n) is 13.5. The van der Waals surface area contributed by atoms with Gasteiger partial charge in [0.15, 0.2) is 0 Å². The minimum Gasteiger partial charge on any atom is -0.492 e. The number of anilines is 3. The third-order valence-electron chi connectivity index (χ3n) is 6.99. The van der Waals surface area contributed by atoms with E-state index in [1.54, 1.807) is 17.4 Å². The molecular weight excluding hydrogens is 522 g/mol. The lowest BCUT2D eigenvalue weighted by Gasteiger charge is -2.31. The van der Waals surface area contributed by atoms with Gasteiger partial charge in [-0.05, 0) is 44.7 Å². The summed E-state index contributed by atoms with van der Waals surface area (Å²) >= 11 is 1.58. The number of amides is 1. The summed E-state index contributed by atoms with van der Waals surface area (Å²) in [6.07, 6.45) is 4.06. The van der Waals surface area contributed by atoms with Crippen LogP contribution in [0, 0.1) is 11.3 Å². The zero-order valence-electron chi connectivity index (χ0n) is 23.0. The van der Waals surface area contributed by atoms with Gasteiger partial charge in [-0.3, -0.25) is 14.7 Å². The number of nitriles is 1. The predicted octanol–water partition coefficient (Wildman–Crippen LogP) is 5.16. The SMILES string of the molecule is CCOc1cc2nc(CC)c(C#N)c(Nc3ccc4scnc4c3)c2cc1NC(=O)/C=C/CN1CCN(C)CC1. The van der Waals surface area contributed by atoms with Gasteiger partial charge in [0.05, 0.1) is 50.5 Å². The Labute approximate surface area is 238 Å². The number of aromatic nitrogens is 2. The number of nitrogens with zero attached hydrogens (tertiary/aromatic N) is 5. The molecule has 1 aliphatic rings. The molecule has 1 aliphatic heterocycles. The fraction of sp³-hybridized carbons (Fsp3) is 0.333. The Bertz CT molecular complexity index is 1600. The summed E-state index contributed by atoms with van der Waals surface area (Å²) in [6.45, 7) is 9.07. The van der Waals surface area contributed by atoms with Gasteiger partial charge in [0.2, 0.25) is 5.91 Å². The van der Waals surface area contributed by atoms with Gasteiger partial charge in [-0.15, -0.1) is 11.3 Å². The van der Waals surface area contributed by atoms with Gasteiger partial charge in [-0.25, -0.2) is 4.98 Å². The molecule has 1 amide bonds. The zero-order chi connectivity index (χ0) is 28.1. The highest BCUT2D eigenvalue weighted by Crippen LogP contribution is 2.38. The molecule has 0 spiro atoms. The number of rotatable bonds is 9. The number of ether oxygens (including phenoxy) is 1. The van der Waals surface area contributed by atoms with Gasteiger partial charge in [-0.1, -0.05) is 13.0 Å². The van der Waals surface area contributed by atoms with E-state index in [0.29, 0.717) is 52.3 Å². The van der Waals surface area contributed by atoms with Crippen LogP contribution in [0.15, 0.2) is 48.0 Å². The van der Waals surface area contributed by atoms with Crippen molar-refractivity contribution in [3.05, 3.63) is 59.3 Å². The summed E-state index contributed by atoms with van der Waals surface area (Å²) in [6, 6.07) is 12.0. The van der Waals surface area contributed by atoms with Gasteiger partial charge >= 0.3 is 0 Å². The summed E-state index contributed by atoms with van der Waals surface area (Å²) in [4.78, 5) is 26.8. The Morgan fingerprint density at radius 3 is 2.75 bits per heavy atom. The van der Waals surface area contributed by atoms with Crippen molar-refractivity contribution >= 4 is 55.4 Å². The molecule has 2 aromatic carbocycles. The lowest BCUT2D eigenvalue weighted by atomic mass is 10.0. The van der Waals surface area contributed by atoms with Gasteiger partial charge < -0.3 is 20.3 Å². The fourth-order valence-corrected chi connectivity index (χ4v) is 5.47. The highest BCUT2D eigenvalue weighted by molar-refractivity contribution is 7.16. The summed E-state index contributed by atoms with van der Waals surface area (Å²) in [7, 11) is 2.12. The van der Waals surface area contributed by atoms with Crippen LogP contribution < -0.4 is 15.4 Å². The molecule has 40 heavy (non-hydrogen) atoms. The summed E-state index contributed by atoms with van der Waals surface area (Å²) in [5, 5.41) is 17.3. The molecule has 9 nitrogen and oxygen atoms in total. The van der Waals surface area contributed by atoms with E-state index < -0.39 is 0 Å². The molecule has 0 saturated carbocycles. The molecule has 0 radical (unpaired) electrons. The minimum absolute atomic E-state index is 0.239. The van der Waals surface area contributed by atoms with Crippen molar-refractivity contribution in [3.63, 3.8) is 0 Å². The Kier molecular flexibility index (Phi) is 8.55. The fourth-order valence-electron chi connectivity index (χ4n) is 4.81. The smallest absolute Gasteiger partial charge is 0.248 e. The van der Waals surface area contributed by atoms with Crippen LogP contribution in [0.2, 0.25) is 0 Å². The van der Waals surface area contributed by atoms with Crippen LogP contribution in [-0.2, 0) is 11.2 Å². The number of carbonyl (C=O) groups is 1. The molecule has 206 valence electrons. The van der Waals surface area contributed by atoms with Crippen LogP contribution in [0.1, 0.15) is 25.1 Å². The Balaban J connectivity index is 1.48. The summed E-state index contributed by atoms with van der Waals surface area (Å²) < 4.78 is 6.99. The molecule has 0 unspecified atom stereocenters. The maximum Gasteiger partial charge on any atom is 0.248 e. The van der Waals surface area contributed by atoms with E-state index in [4.69, 9.17) is 9.72 Å². The lowest BCUT2D eigenvalue weighted by molar-refractivity contribution is -0.111. The molecule has 3 heterocycles. The largest absolute Gasteiger partial charge is 0.492 e. The molecule has 1 fully saturated rings. The number of fused-ring (bicyclic) bond motifs is 2. The number of pyridine rings is 1. The highest BCUT2D eigenvalue weighted by Gasteiger charge is 2.19. The summed E-state index contributed by atoms with van der Waals surface area (Å²) in [5.74, 6) is 0.293. The number of nitrogens with one attached hydrogen (secondary N) is 2. The highest BCUT2D eigenvalue weighted by atomic mass is 32.1. The monoisotopic (exact) mass is 555 g/mol. The molecule has 0 aliphatic carbocycles. The Hall–Kier alpha value is -4.04. The number of benzene rings is 2. The molecule has 0 atom stereocenters. The van der Waals surface area contributed by atoms with Crippen LogP contribution in [0.25, 0.3) is 21.1 Å². The standard InChI is InChI=1S/C30H33N7O2S/c1-4-23-22(18-31)30(33-20-8-9-28-26(15-20)32-19-40-28)21-16-25(27(39-5-2)17-24(21)34-23)35-29(38)7-6-10-37-13-11-36(3)12-14-37/h6-9,15-17,19H,4-5,10-14H2,1-3H3,(H,33,34)(H,35,38)/b7-6+. The third-order valence-corrected chi connectivity index (χ3v) is 7.80. The van der Waals surface area contributed by atoms with Crippen molar-refractivity contribution in [1.29, 1.82) is 5.26 Å². The van der Waals surface area contributed by atoms with Crippen LogP contribution in [0.5, 0.6) is 5.75 Å². The number of hydrogen-bond acceptors (Lipinski definition) is 9. The second-order valence-electron chi connectivity index (χ2n) is 9.73. The first-order valence-corrected chi connectivity index (χ1v) is 14.4. The van der Waals surface area contributed by atoms with Crippen molar-refractivity contribution in [2.75, 3.05) is 57.0 Å². The lowest BCUT2D eigenvalue weighted by Crippen LogP contribution is -2.44. The molecule has 5 rings (SSSR count). The molecule has 2 aromatic heterocycles. The average molecular weight is 556 g/mol. The molecule has 1 saturated heterocycles. The number of piperazine rings is 1. The number of thiazole rings is 1. The molecule has 4 aromatic rings. The van der Waals surface area contributed by atoms with E-state index in [1.165, 1.54) is 0 Å². The maximum absolute atomic E-state index is 12.9. The van der Waals surface area contributed by atoms with Crippen LogP contribution in [0.4, 0.5) is 17.1 Å². The number of likely N-dealkylation sites (N-methyl/N-ethyl adjacent to an activating group) is 1. The van der Waals surface area contributed by atoms with E-state index in [2.05, 4.69) is 38.5 Å². The van der Waals surface area contributed by atoms with Gasteiger partial charge in [0.25, 0.3) is 0 Å². The van der Waals surface area contributed by atoms with E-state index in [9.17, 15) is 10.1 Å². The molecule has 0 bridgehead atoms. The van der Waals surface area contributed by atoms with Gasteiger partial charge in [0, 0.05) is 55.9 Å². The van der Waals surface area contributed by atoms with Crippen LogP contribution in [-0.4, -0.2) is 72.1 Å².